The molecule has 3 heteroatoms. The summed E-state index contributed by atoms with van der Waals surface area (Å²) in [5.41, 5.74) is 0.998. The Kier molecular flexibility index (Phi) is 3.78. The Hall–Kier alpha value is -1.37. The SMILES string of the molecule is COP(=O)(Cc1cc[c]cc1)c1ccccc1. The minimum absolute atomic E-state index is 0.419. The zero-order valence-electron chi connectivity index (χ0n) is 9.67. The van der Waals surface area contributed by atoms with Crippen molar-refractivity contribution in [3.8, 4) is 0 Å². The summed E-state index contributed by atoms with van der Waals surface area (Å²) < 4.78 is 18.0. The molecule has 2 rings (SSSR count). The predicted molar refractivity (Wildman–Crippen MR) is 69.7 cm³/mol. The van der Waals surface area contributed by atoms with Crippen LogP contribution in [-0.4, -0.2) is 7.11 Å². The van der Waals surface area contributed by atoms with Gasteiger partial charge in [0.25, 0.3) is 0 Å². The standard InChI is InChI=1S/C14H14O2P/c1-16-17(15,14-10-6-3-7-11-14)12-13-8-4-2-5-9-13/h3-11H,12H2,1H3. The first-order valence-corrected chi connectivity index (χ1v) is 7.21. The van der Waals surface area contributed by atoms with Gasteiger partial charge in [0.05, 0.1) is 6.16 Å². The highest BCUT2D eigenvalue weighted by Crippen LogP contribution is 2.48. The number of rotatable bonds is 4. The number of hydrogen-bond donors (Lipinski definition) is 0. The minimum Gasteiger partial charge on any atom is -0.328 e. The highest BCUT2D eigenvalue weighted by Gasteiger charge is 2.24. The lowest BCUT2D eigenvalue weighted by Gasteiger charge is -2.16. The Bertz CT molecular complexity index is 508. The maximum absolute atomic E-state index is 12.7. The first-order chi connectivity index (χ1) is 8.24. The molecule has 0 saturated carbocycles. The molecule has 17 heavy (non-hydrogen) atoms. The molecule has 0 saturated heterocycles. The topological polar surface area (TPSA) is 26.3 Å². The average Bonchev–Trinajstić information content (AvgIpc) is 2.41. The molecule has 0 spiro atoms. The predicted octanol–water partition coefficient (Wildman–Crippen LogP) is 3.24. The van der Waals surface area contributed by atoms with Crippen LogP contribution in [0.2, 0.25) is 0 Å². The lowest BCUT2D eigenvalue weighted by molar-refractivity contribution is 0.402. The van der Waals surface area contributed by atoms with E-state index < -0.39 is 7.37 Å². The van der Waals surface area contributed by atoms with Gasteiger partial charge in [0.2, 0.25) is 7.37 Å². The van der Waals surface area contributed by atoms with Gasteiger partial charge in [-0.15, -0.1) is 0 Å². The molecule has 87 valence electrons. The maximum Gasteiger partial charge on any atom is 0.236 e. The monoisotopic (exact) mass is 245 g/mol. The molecule has 1 radical (unpaired) electrons. The van der Waals surface area contributed by atoms with E-state index in [9.17, 15) is 4.57 Å². The molecule has 0 heterocycles. The van der Waals surface area contributed by atoms with Crippen molar-refractivity contribution in [3.63, 3.8) is 0 Å². The van der Waals surface area contributed by atoms with Crippen LogP contribution in [0.5, 0.6) is 0 Å². The van der Waals surface area contributed by atoms with Crippen molar-refractivity contribution in [2.45, 2.75) is 6.16 Å². The van der Waals surface area contributed by atoms with Crippen molar-refractivity contribution in [2.75, 3.05) is 7.11 Å². The van der Waals surface area contributed by atoms with Crippen LogP contribution in [0, 0.1) is 6.07 Å². The summed E-state index contributed by atoms with van der Waals surface area (Å²) in [6.45, 7) is 0. The third-order valence-electron chi connectivity index (χ3n) is 2.62. The molecule has 0 aliphatic rings. The van der Waals surface area contributed by atoms with Gasteiger partial charge in [-0.2, -0.15) is 0 Å². The third kappa shape index (κ3) is 2.85. The van der Waals surface area contributed by atoms with Gasteiger partial charge in [0, 0.05) is 12.4 Å². The largest absolute Gasteiger partial charge is 0.328 e. The molecule has 2 aromatic rings. The molecule has 0 bridgehead atoms. The Morgan fingerprint density at radius 3 is 2.35 bits per heavy atom. The third-order valence-corrected chi connectivity index (χ3v) is 5.08. The van der Waals surface area contributed by atoms with E-state index in [1.165, 1.54) is 7.11 Å². The highest BCUT2D eigenvalue weighted by atomic mass is 31.2. The molecule has 0 N–H and O–H groups in total. The fourth-order valence-electron chi connectivity index (χ4n) is 1.68. The second kappa shape index (κ2) is 5.31. The first kappa shape index (κ1) is 12.1. The van der Waals surface area contributed by atoms with E-state index in [2.05, 4.69) is 6.07 Å². The summed E-state index contributed by atoms with van der Waals surface area (Å²) in [5.74, 6) is 0. The lowest BCUT2D eigenvalue weighted by atomic mass is 10.2. The zero-order chi connectivity index (χ0) is 12.1. The first-order valence-electron chi connectivity index (χ1n) is 5.40. The van der Waals surface area contributed by atoms with Gasteiger partial charge in [-0.25, -0.2) is 0 Å². The summed E-state index contributed by atoms with van der Waals surface area (Å²) in [7, 11) is -1.29. The van der Waals surface area contributed by atoms with Crippen molar-refractivity contribution < 1.29 is 9.09 Å². The molecule has 1 unspecified atom stereocenters. The van der Waals surface area contributed by atoms with Crippen LogP contribution in [0.1, 0.15) is 5.56 Å². The summed E-state index contributed by atoms with van der Waals surface area (Å²) in [6.07, 6.45) is 0.419. The summed E-state index contributed by atoms with van der Waals surface area (Å²) >= 11 is 0. The van der Waals surface area contributed by atoms with Gasteiger partial charge >= 0.3 is 0 Å². The van der Waals surface area contributed by atoms with E-state index in [0.29, 0.717) is 6.16 Å². The Labute approximate surface area is 102 Å². The van der Waals surface area contributed by atoms with Gasteiger partial charge in [-0.3, -0.25) is 4.57 Å². The summed E-state index contributed by atoms with van der Waals surface area (Å²) in [6, 6.07) is 19.8. The minimum atomic E-state index is -2.79. The average molecular weight is 245 g/mol. The van der Waals surface area contributed by atoms with E-state index in [-0.39, 0.29) is 0 Å². The molecular weight excluding hydrogens is 231 g/mol. The lowest BCUT2D eigenvalue weighted by Crippen LogP contribution is -2.07. The van der Waals surface area contributed by atoms with Crippen LogP contribution in [0.15, 0.2) is 54.6 Å². The van der Waals surface area contributed by atoms with Crippen molar-refractivity contribution >= 4 is 12.7 Å². The summed E-state index contributed by atoms with van der Waals surface area (Å²) in [4.78, 5) is 0. The van der Waals surface area contributed by atoms with Crippen molar-refractivity contribution in [2.24, 2.45) is 0 Å². The quantitative estimate of drug-likeness (QED) is 0.773. The van der Waals surface area contributed by atoms with Crippen LogP contribution in [0.3, 0.4) is 0 Å². The maximum atomic E-state index is 12.7. The van der Waals surface area contributed by atoms with Crippen LogP contribution >= 0.6 is 7.37 Å². The molecule has 0 aliphatic heterocycles. The van der Waals surface area contributed by atoms with Crippen molar-refractivity contribution in [3.05, 3.63) is 66.2 Å². The van der Waals surface area contributed by atoms with Gasteiger partial charge in [-0.05, 0) is 23.8 Å². The van der Waals surface area contributed by atoms with Crippen LogP contribution in [0.25, 0.3) is 0 Å². The van der Waals surface area contributed by atoms with Gasteiger partial charge < -0.3 is 4.52 Å². The fraction of sp³-hybridized carbons (Fsp3) is 0.143. The Morgan fingerprint density at radius 1 is 1.12 bits per heavy atom. The van der Waals surface area contributed by atoms with Crippen LogP contribution < -0.4 is 5.30 Å². The van der Waals surface area contributed by atoms with E-state index >= 15 is 0 Å². The number of benzene rings is 2. The highest BCUT2D eigenvalue weighted by molar-refractivity contribution is 7.66. The molecule has 1 atom stereocenters. The van der Waals surface area contributed by atoms with Crippen molar-refractivity contribution in [1.29, 1.82) is 0 Å². The van der Waals surface area contributed by atoms with Gasteiger partial charge in [0.15, 0.2) is 0 Å². The zero-order valence-corrected chi connectivity index (χ0v) is 10.6. The Morgan fingerprint density at radius 2 is 1.76 bits per heavy atom. The number of hydrogen-bond acceptors (Lipinski definition) is 2. The molecule has 0 aliphatic carbocycles. The smallest absolute Gasteiger partial charge is 0.236 e. The molecule has 2 aromatic carbocycles. The second-order valence-electron chi connectivity index (χ2n) is 3.76. The second-order valence-corrected chi connectivity index (χ2v) is 6.30. The normalized spacial score (nSPS) is 14.2. The van der Waals surface area contributed by atoms with E-state index in [1.807, 2.05) is 54.6 Å². The molecular formula is C14H14O2P. The summed E-state index contributed by atoms with van der Waals surface area (Å²) in [5, 5.41) is 0.760. The van der Waals surface area contributed by atoms with Crippen molar-refractivity contribution in [1.82, 2.24) is 0 Å². The molecule has 0 fully saturated rings. The van der Waals surface area contributed by atoms with Gasteiger partial charge in [0.1, 0.15) is 0 Å². The van der Waals surface area contributed by atoms with E-state index in [4.69, 9.17) is 4.52 Å². The van der Waals surface area contributed by atoms with Crippen LogP contribution in [0.4, 0.5) is 0 Å². The Balaban J connectivity index is 2.30. The van der Waals surface area contributed by atoms with E-state index in [0.717, 1.165) is 10.9 Å². The molecule has 2 nitrogen and oxygen atoms in total. The van der Waals surface area contributed by atoms with E-state index in [1.54, 1.807) is 0 Å². The van der Waals surface area contributed by atoms with Gasteiger partial charge in [-0.1, -0.05) is 42.5 Å². The molecule has 0 amide bonds. The molecule has 0 aromatic heterocycles. The van der Waals surface area contributed by atoms with Crippen LogP contribution in [-0.2, 0) is 15.3 Å². The fourth-order valence-corrected chi connectivity index (χ4v) is 3.52.